The van der Waals surface area contributed by atoms with Crippen molar-refractivity contribution in [1.29, 1.82) is 0 Å². The Balaban J connectivity index is 1.66. The molecule has 1 fully saturated rings. The van der Waals surface area contributed by atoms with Crippen LogP contribution in [0.15, 0.2) is 58.3 Å². The molecule has 164 valence electrons. The quantitative estimate of drug-likeness (QED) is 0.615. The van der Waals surface area contributed by atoms with Crippen LogP contribution in [0, 0.1) is 6.92 Å². The minimum atomic E-state index is -3.75. The standard InChI is InChI=1S/C21H28N2O5S2/c1-18-8-4-5-9-21(18)28-17-16-22(2)29(24,25)19-10-12-20(13-11-19)30(26,27)23-14-6-3-7-15-23/h4-5,8-13H,3,6-7,14-17H2,1-2H3. The van der Waals surface area contributed by atoms with Crippen molar-refractivity contribution in [2.24, 2.45) is 0 Å². The first kappa shape index (κ1) is 22.7. The van der Waals surface area contributed by atoms with E-state index in [9.17, 15) is 16.8 Å². The Kier molecular flexibility index (Phi) is 7.18. The number of aryl methyl sites for hydroxylation is 1. The molecule has 0 atom stereocenters. The molecular formula is C21H28N2O5S2. The molecule has 0 spiro atoms. The Morgan fingerprint density at radius 1 is 0.900 bits per heavy atom. The highest BCUT2D eigenvalue weighted by molar-refractivity contribution is 7.89. The number of likely N-dealkylation sites (N-methyl/N-ethyl adjacent to an activating group) is 1. The fourth-order valence-electron chi connectivity index (χ4n) is 3.34. The van der Waals surface area contributed by atoms with Gasteiger partial charge in [0.25, 0.3) is 0 Å². The van der Waals surface area contributed by atoms with Crippen LogP contribution >= 0.6 is 0 Å². The Labute approximate surface area is 179 Å². The average Bonchev–Trinajstić information content (AvgIpc) is 2.75. The molecule has 0 radical (unpaired) electrons. The van der Waals surface area contributed by atoms with Crippen molar-refractivity contribution in [3.8, 4) is 5.75 Å². The molecule has 7 nitrogen and oxygen atoms in total. The highest BCUT2D eigenvalue weighted by Crippen LogP contribution is 2.23. The monoisotopic (exact) mass is 452 g/mol. The van der Waals surface area contributed by atoms with Gasteiger partial charge in [-0.25, -0.2) is 16.8 Å². The third kappa shape index (κ3) is 5.03. The van der Waals surface area contributed by atoms with Crippen LogP contribution in [0.1, 0.15) is 24.8 Å². The molecule has 30 heavy (non-hydrogen) atoms. The Hall–Kier alpha value is -1.94. The molecule has 1 aliphatic heterocycles. The van der Waals surface area contributed by atoms with Crippen molar-refractivity contribution >= 4 is 20.0 Å². The van der Waals surface area contributed by atoms with Gasteiger partial charge in [-0.1, -0.05) is 24.6 Å². The van der Waals surface area contributed by atoms with Crippen LogP contribution in [0.25, 0.3) is 0 Å². The molecule has 0 N–H and O–H groups in total. The van der Waals surface area contributed by atoms with Crippen molar-refractivity contribution in [1.82, 2.24) is 8.61 Å². The minimum Gasteiger partial charge on any atom is -0.492 e. The average molecular weight is 453 g/mol. The van der Waals surface area contributed by atoms with Gasteiger partial charge < -0.3 is 4.74 Å². The van der Waals surface area contributed by atoms with Crippen LogP contribution in [0.5, 0.6) is 5.75 Å². The summed E-state index contributed by atoms with van der Waals surface area (Å²) in [6.45, 7) is 3.32. The number of ether oxygens (including phenoxy) is 1. The van der Waals surface area contributed by atoms with Crippen LogP contribution in [0.2, 0.25) is 0 Å². The zero-order valence-electron chi connectivity index (χ0n) is 17.3. The molecule has 0 aromatic heterocycles. The van der Waals surface area contributed by atoms with Crippen LogP contribution in [0.3, 0.4) is 0 Å². The third-order valence-electron chi connectivity index (χ3n) is 5.24. The largest absolute Gasteiger partial charge is 0.492 e. The summed E-state index contributed by atoms with van der Waals surface area (Å²) < 4.78 is 59.5. The normalized spacial score (nSPS) is 16.0. The molecule has 2 aromatic carbocycles. The lowest BCUT2D eigenvalue weighted by molar-refractivity contribution is 0.285. The molecule has 1 aliphatic rings. The maximum Gasteiger partial charge on any atom is 0.243 e. The van der Waals surface area contributed by atoms with E-state index in [0.29, 0.717) is 13.1 Å². The van der Waals surface area contributed by atoms with Crippen LogP contribution in [-0.2, 0) is 20.0 Å². The Morgan fingerprint density at radius 3 is 2.13 bits per heavy atom. The fraction of sp³-hybridized carbons (Fsp3) is 0.429. The second-order valence-corrected chi connectivity index (χ2v) is 11.4. The zero-order valence-corrected chi connectivity index (χ0v) is 19.0. The molecule has 0 saturated carbocycles. The molecule has 0 unspecified atom stereocenters. The van der Waals surface area contributed by atoms with E-state index in [4.69, 9.17) is 4.74 Å². The number of hydrogen-bond acceptors (Lipinski definition) is 5. The van der Waals surface area contributed by atoms with E-state index in [1.807, 2.05) is 31.2 Å². The summed E-state index contributed by atoms with van der Waals surface area (Å²) >= 11 is 0. The summed E-state index contributed by atoms with van der Waals surface area (Å²) in [7, 11) is -5.85. The van der Waals surface area contributed by atoms with Crippen LogP contribution in [0.4, 0.5) is 0 Å². The number of rotatable bonds is 8. The summed E-state index contributed by atoms with van der Waals surface area (Å²) in [5.41, 5.74) is 0.980. The molecular weight excluding hydrogens is 424 g/mol. The molecule has 9 heteroatoms. The lowest BCUT2D eigenvalue weighted by atomic mass is 10.2. The van der Waals surface area contributed by atoms with Crippen LogP contribution < -0.4 is 4.74 Å². The summed E-state index contributed by atoms with van der Waals surface area (Å²) in [4.78, 5) is 0.173. The number of benzene rings is 2. The number of nitrogens with zero attached hydrogens (tertiary/aromatic N) is 2. The second kappa shape index (κ2) is 9.47. The molecule has 0 amide bonds. The van der Waals surface area contributed by atoms with Gasteiger partial charge >= 0.3 is 0 Å². The van der Waals surface area contributed by atoms with E-state index in [2.05, 4.69) is 0 Å². The van der Waals surface area contributed by atoms with Gasteiger partial charge in [-0.2, -0.15) is 8.61 Å². The lowest BCUT2D eigenvalue weighted by Crippen LogP contribution is -2.35. The van der Waals surface area contributed by atoms with Crippen molar-refractivity contribution in [2.75, 3.05) is 33.3 Å². The molecule has 0 aliphatic carbocycles. The molecule has 2 aromatic rings. The number of sulfonamides is 2. The van der Waals surface area contributed by atoms with Gasteiger partial charge in [0.05, 0.1) is 9.79 Å². The van der Waals surface area contributed by atoms with Gasteiger partial charge in [-0.05, 0) is 55.7 Å². The van der Waals surface area contributed by atoms with Gasteiger partial charge in [0, 0.05) is 26.7 Å². The first-order valence-electron chi connectivity index (χ1n) is 9.98. The second-order valence-electron chi connectivity index (χ2n) is 7.38. The molecule has 1 saturated heterocycles. The summed E-state index contributed by atoms with van der Waals surface area (Å²) in [5, 5.41) is 0. The van der Waals surface area contributed by atoms with E-state index in [0.717, 1.165) is 30.6 Å². The summed E-state index contributed by atoms with van der Waals surface area (Å²) in [5.74, 6) is 0.718. The zero-order chi connectivity index (χ0) is 21.8. The molecule has 1 heterocycles. The Bertz CT molecular complexity index is 1060. The van der Waals surface area contributed by atoms with E-state index in [-0.39, 0.29) is 22.9 Å². The van der Waals surface area contributed by atoms with Crippen molar-refractivity contribution in [3.63, 3.8) is 0 Å². The summed E-state index contributed by atoms with van der Waals surface area (Å²) in [6, 6.07) is 13.0. The highest BCUT2D eigenvalue weighted by Gasteiger charge is 2.27. The van der Waals surface area contributed by atoms with E-state index < -0.39 is 20.0 Å². The van der Waals surface area contributed by atoms with Gasteiger partial charge in [0.15, 0.2) is 0 Å². The summed E-state index contributed by atoms with van der Waals surface area (Å²) in [6.07, 6.45) is 2.73. The van der Waals surface area contributed by atoms with Crippen molar-refractivity contribution in [3.05, 3.63) is 54.1 Å². The third-order valence-corrected chi connectivity index (χ3v) is 9.03. The maximum absolute atomic E-state index is 12.8. The van der Waals surface area contributed by atoms with Gasteiger partial charge in [0.2, 0.25) is 20.0 Å². The minimum absolute atomic E-state index is 0.0542. The topological polar surface area (TPSA) is 84.0 Å². The number of para-hydroxylation sites is 1. The fourth-order valence-corrected chi connectivity index (χ4v) is 6.01. The maximum atomic E-state index is 12.8. The predicted molar refractivity (Wildman–Crippen MR) is 116 cm³/mol. The van der Waals surface area contributed by atoms with Gasteiger partial charge in [-0.3, -0.25) is 0 Å². The predicted octanol–water partition coefficient (Wildman–Crippen LogP) is 2.87. The van der Waals surface area contributed by atoms with E-state index >= 15 is 0 Å². The van der Waals surface area contributed by atoms with Gasteiger partial charge in [0.1, 0.15) is 12.4 Å². The number of piperidine rings is 1. The molecule has 0 bridgehead atoms. The molecule has 3 rings (SSSR count). The van der Waals surface area contributed by atoms with E-state index in [1.165, 1.54) is 39.9 Å². The van der Waals surface area contributed by atoms with Crippen molar-refractivity contribution < 1.29 is 21.6 Å². The SMILES string of the molecule is Cc1ccccc1OCCN(C)S(=O)(=O)c1ccc(S(=O)(=O)N2CCCCC2)cc1. The highest BCUT2D eigenvalue weighted by atomic mass is 32.2. The lowest BCUT2D eigenvalue weighted by Gasteiger charge is -2.26. The first-order valence-corrected chi connectivity index (χ1v) is 12.9. The van der Waals surface area contributed by atoms with Gasteiger partial charge in [-0.15, -0.1) is 0 Å². The van der Waals surface area contributed by atoms with Crippen LogP contribution in [-0.4, -0.2) is 58.7 Å². The smallest absolute Gasteiger partial charge is 0.243 e. The number of hydrogen-bond donors (Lipinski definition) is 0. The van der Waals surface area contributed by atoms with Crippen molar-refractivity contribution in [2.45, 2.75) is 36.0 Å². The van der Waals surface area contributed by atoms with E-state index in [1.54, 1.807) is 0 Å². The Morgan fingerprint density at radius 2 is 1.50 bits per heavy atom. The first-order chi connectivity index (χ1) is 14.2.